The third-order valence-electron chi connectivity index (χ3n) is 5.40. The number of amides is 1. The highest BCUT2D eigenvalue weighted by Crippen LogP contribution is 2.43. The molecule has 4 fully saturated rings. The fourth-order valence-corrected chi connectivity index (χ4v) is 5.29. The first-order valence-corrected chi connectivity index (χ1v) is 9.40. The molecule has 1 aliphatic carbocycles. The fourth-order valence-electron chi connectivity index (χ4n) is 4.47. The third kappa shape index (κ3) is 4.03. The Kier molecular flexibility index (Phi) is 5.30. The van der Waals surface area contributed by atoms with Crippen molar-refractivity contribution in [3.63, 3.8) is 0 Å². The van der Waals surface area contributed by atoms with E-state index in [1.54, 1.807) is 11.3 Å². The summed E-state index contributed by atoms with van der Waals surface area (Å²) < 4.78 is 31.7. The smallest absolute Gasteiger partial charge is 0.475 e. The maximum absolute atomic E-state index is 12.4. The molecule has 5 nitrogen and oxygen atoms in total. The summed E-state index contributed by atoms with van der Waals surface area (Å²) in [7, 11) is 0. The van der Waals surface area contributed by atoms with Crippen LogP contribution in [-0.4, -0.2) is 53.7 Å². The van der Waals surface area contributed by atoms with E-state index in [4.69, 9.17) is 9.90 Å². The monoisotopic (exact) mass is 390 g/mol. The molecule has 0 aromatic carbocycles. The minimum atomic E-state index is -5.08. The van der Waals surface area contributed by atoms with Crippen LogP contribution in [0.25, 0.3) is 0 Å². The van der Waals surface area contributed by atoms with Crippen LogP contribution >= 0.6 is 11.3 Å². The number of alkyl halides is 3. The zero-order valence-corrected chi connectivity index (χ0v) is 15.1. The Hall–Kier alpha value is -1.61. The van der Waals surface area contributed by atoms with Gasteiger partial charge in [-0.3, -0.25) is 4.79 Å². The number of carboxylic acids is 1. The minimum absolute atomic E-state index is 0.153. The molecule has 3 aliphatic heterocycles. The van der Waals surface area contributed by atoms with Gasteiger partial charge in [-0.2, -0.15) is 13.2 Å². The summed E-state index contributed by atoms with van der Waals surface area (Å²) in [6.07, 6.45) is -2.44. The summed E-state index contributed by atoms with van der Waals surface area (Å²) in [6, 6.07) is 2.45. The topological polar surface area (TPSA) is 69.6 Å². The van der Waals surface area contributed by atoms with E-state index in [-0.39, 0.29) is 5.91 Å². The van der Waals surface area contributed by atoms with Gasteiger partial charge < -0.3 is 15.3 Å². The summed E-state index contributed by atoms with van der Waals surface area (Å²) >= 11 is 1.56. The van der Waals surface area contributed by atoms with Gasteiger partial charge in [0.2, 0.25) is 0 Å². The number of nitrogens with one attached hydrogen (secondary N) is 1. The van der Waals surface area contributed by atoms with Crippen LogP contribution in [0.3, 0.4) is 0 Å². The maximum atomic E-state index is 12.4. The SMILES string of the molecule is Cc1ccsc1C(=O)NC1C2CC3CC1CN(C3)C2.O=C(O)C(F)(F)F. The van der Waals surface area contributed by atoms with Gasteiger partial charge in [-0.25, -0.2) is 4.79 Å². The predicted molar refractivity (Wildman–Crippen MR) is 90.1 cm³/mol. The average molecular weight is 390 g/mol. The highest BCUT2D eigenvalue weighted by molar-refractivity contribution is 7.12. The zero-order valence-electron chi connectivity index (χ0n) is 14.3. The van der Waals surface area contributed by atoms with Crippen molar-refractivity contribution < 1.29 is 27.9 Å². The number of nitrogens with zero attached hydrogens (tertiary/aromatic N) is 1. The average Bonchev–Trinajstić information content (AvgIpc) is 2.96. The second-order valence-electron chi connectivity index (χ2n) is 7.31. The molecule has 0 spiro atoms. The van der Waals surface area contributed by atoms with E-state index in [1.165, 1.54) is 32.5 Å². The van der Waals surface area contributed by atoms with Gasteiger partial charge in [0, 0.05) is 25.7 Å². The number of thiophene rings is 1. The molecule has 1 aromatic rings. The number of rotatable bonds is 2. The van der Waals surface area contributed by atoms with Gasteiger partial charge in [-0.15, -0.1) is 11.3 Å². The van der Waals surface area contributed by atoms with Gasteiger partial charge in [-0.05, 0) is 54.5 Å². The molecule has 3 saturated heterocycles. The Labute approximate surface area is 153 Å². The van der Waals surface area contributed by atoms with Crippen molar-refractivity contribution in [2.75, 3.05) is 19.6 Å². The molecular formula is C17H21F3N2O3S. The number of hydrogen-bond acceptors (Lipinski definition) is 4. The molecule has 4 bridgehead atoms. The third-order valence-corrected chi connectivity index (χ3v) is 6.41. The number of piperidine rings is 3. The first-order chi connectivity index (χ1) is 12.1. The molecule has 144 valence electrons. The second-order valence-corrected chi connectivity index (χ2v) is 8.23. The van der Waals surface area contributed by atoms with Crippen LogP contribution < -0.4 is 5.32 Å². The Bertz CT molecular complexity index is 661. The van der Waals surface area contributed by atoms with Crippen LogP contribution in [-0.2, 0) is 4.79 Å². The lowest BCUT2D eigenvalue weighted by atomic mass is 9.65. The largest absolute Gasteiger partial charge is 0.490 e. The zero-order chi connectivity index (χ0) is 19.1. The van der Waals surface area contributed by atoms with E-state index in [1.807, 2.05) is 18.4 Å². The molecule has 26 heavy (non-hydrogen) atoms. The lowest BCUT2D eigenvalue weighted by molar-refractivity contribution is -0.192. The number of carbonyl (C=O) groups excluding carboxylic acids is 1. The molecule has 1 aromatic heterocycles. The first kappa shape index (κ1) is 19.2. The number of hydrogen-bond donors (Lipinski definition) is 2. The lowest BCUT2D eigenvalue weighted by Crippen LogP contribution is -2.64. The van der Waals surface area contributed by atoms with Crippen LogP contribution in [0, 0.1) is 24.7 Å². The first-order valence-electron chi connectivity index (χ1n) is 8.52. The standard InChI is InChI=1S/C15H20N2OS.C2HF3O2/c1-9-2-3-19-14(9)15(18)16-13-11-4-10-5-12(13)8-17(6-10)7-11;3-2(4,5)1(6)7/h2-3,10-13H,4-8H2,1H3,(H,16,18);(H,6,7). The number of aliphatic carboxylic acids is 1. The van der Waals surface area contributed by atoms with E-state index in [0.29, 0.717) is 17.9 Å². The van der Waals surface area contributed by atoms with Crippen LogP contribution in [0.15, 0.2) is 11.4 Å². The van der Waals surface area contributed by atoms with Crippen LogP contribution in [0.4, 0.5) is 13.2 Å². The molecule has 4 heterocycles. The van der Waals surface area contributed by atoms with Gasteiger partial charge in [-0.1, -0.05) is 0 Å². The van der Waals surface area contributed by atoms with Crippen molar-refractivity contribution in [3.8, 4) is 0 Å². The number of carbonyl (C=O) groups is 2. The van der Waals surface area contributed by atoms with E-state index >= 15 is 0 Å². The second kappa shape index (κ2) is 7.19. The highest BCUT2D eigenvalue weighted by Gasteiger charge is 2.47. The Morgan fingerprint density at radius 1 is 1.23 bits per heavy atom. The summed E-state index contributed by atoms with van der Waals surface area (Å²) in [5.41, 5.74) is 1.11. The van der Waals surface area contributed by atoms with E-state index in [0.717, 1.165) is 16.4 Å². The maximum Gasteiger partial charge on any atom is 0.490 e. The van der Waals surface area contributed by atoms with Gasteiger partial charge in [0.05, 0.1) is 4.88 Å². The van der Waals surface area contributed by atoms with Gasteiger partial charge in [0.15, 0.2) is 0 Å². The molecule has 0 radical (unpaired) electrons. The van der Waals surface area contributed by atoms with Crippen LogP contribution in [0.1, 0.15) is 28.1 Å². The fraction of sp³-hybridized carbons (Fsp3) is 0.647. The summed E-state index contributed by atoms with van der Waals surface area (Å²) in [6.45, 7) is 5.72. The molecule has 1 saturated carbocycles. The Balaban J connectivity index is 0.000000242. The van der Waals surface area contributed by atoms with E-state index in [9.17, 15) is 18.0 Å². The van der Waals surface area contributed by atoms with Crippen LogP contribution in [0.2, 0.25) is 0 Å². The number of halogens is 3. The van der Waals surface area contributed by atoms with Gasteiger partial charge >= 0.3 is 12.1 Å². The number of aryl methyl sites for hydroxylation is 1. The molecular weight excluding hydrogens is 369 g/mol. The molecule has 9 heteroatoms. The Morgan fingerprint density at radius 3 is 2.23 bits per heavy atom. The molecule has 2 atom stereocenters. The van der Waals surface area contributed by atoms with Crippen molar-refractivity contribution in [3.05, 3.63) is 21.9 Å². The summed E-state index contributed by atoms with van der Waals surface area (Å²) in [5, 5.41) is 12.5. The predicted octanol–water partition coefficient (Wildman–Crippen LogP) is 2.76. The van der Waals surface area contributed by atoms with E-state index in [2.05, 4.69) is 10.2 Å². The van der Waals surface area contributed by atoms with Crippen LogP contribution in [0.5, 0.6) is 0 Å². The molecule has 4 aliphatic rings. The van der Waals surface area contributed by atoms with E-state index < -0.39 is 12.1 Å². The molecule has 1 amide bonds. The number of carboxylic acid groups (broad SMARTS) is 1. The summed E-state index contributed by atoms with van der Waals surface area (Å²) in [4.78, 5) is 24.8. The summed E-state index contributed by atoms with van der Waals surface area (Å²) in [5.74, 6) is -0.326. The molecule has 2 N–H and O–H groups in total. The van der Waals surface area contributed by atoms with Gasteiger partial charge in [0.25, 0.3) is 5.91 Å². The highest BCUT2D eigenvalue weighted by atomic mass is 32.1. The quantitative estimate of drug-likeness (QED) is 0.815. The molecule has 5 rings (SSSR count). The van der Waals surface area contributed by atoms with Crippen molar-refractivity contribution in [2.24, 2.45) is 17.8 Å². The normalized spacial score (nSPS) is 31.9. The van der Waals surface area contributed by atoms with Crippen molar-refractivity contribution in [2.45, 2.75) is 32.0 Å². The van der Waals surface area contributed by atoms with Crippen molar-refractivity contribution in [1.82, 2.24) is 10.2 Å². The van der Waals surface area contributed by atoms with Gasteiger partial charge in [0.1, 0.15) is 0 Å². The Morgan fingerprint density at radius 2 is 1.81 bits per heavy atom. The minimum Gasteiger partial charge on any atom is -0.475 e. The van der Waals surface area contributed by atoms with Crippen molar-refractivity contribution >= 4 is 23.2 Å². The molecule has 2 unspecified atom stereocenters. The lowest BCUT2D eigenvalue weighted by Gasteiger charge is -2.55. The van der Waals surface area contributed by atoms with Crippen molar-refractivity contribution in [1.29, 1.82) is 0 Å².